The highest BCUT2D eigenvalue weighted by Gasteiger charge is 2.33. The number of amides is 2. The second kappa shape index (κ2) is 12.5. The molecule has 38 heavy (non-hydrogen) atoms. The maximum absolute atomic E-state index is 14.0. The molecule has 202 valence electrons. The Morgan fingerprint density at radius 1 is 0.895 bits per heavy atom. The number of benzene rings is 3. The van der Waals surface area contributed by atoms with Gasteiger partial charge in [0.25, 0.3) is 10.0 Å². The van der Waals surface area contributed by atoms with Crippen molar-refractivity contribution in [3.8, 4) is 0 Å². The second-order valence-corrected chi connectivity index (χ2v) is 11.8. The van der Waals surface area contributed by atoms with Gasteiger partial charge in [0.2, 0.25) is 11.8 Å². The summed E-state index contributed by atoms with van der Waals surface area (Å²) in [6.45, 7) is 8.65. The van der Waals surface area contributed by atoms with Crippen LogP contribution in [0.3, 0.4) is 0 Å². The Morgan fingerprint density at radius 2 is 1.53 bits per heavy atom. The quantitative estimate of drug-likeness (QED) is 0.377. The molecule has 2 amide bonds. The van der Waals surface area contributed by atoms with Gasteiger partial charge in [-0.1, -0.05) is 60.1 Å². The summed E-state index contributed by atoms with van der Waals surface area (Å²) in [5.41, 5.74) is 2.75. The van der Waals surface area contributed by atoms with Gasteiger partial charge in [0.15, 0.2) is 0 Å². The number of halogens is 1. The molecule has 0 aliphatic rings. The smallest absolute Gasteiger partial charge is 0.264 e. The molecule has 0 fully saturated rings. The molecule has 0 bridgehead atoms. The number of sulfonamides is 1. The van der Waals surface area contributed by atoms with E-state index in [-0.39, 0.29) is 23.4 Å². The monoisotopic (exact) mass is 555 g/mol. The van der Waals surface area contributed by atoms with E-state index in [0.29, 0.717) is 16.3 Å². The standard InChI is InChI=1S/C29H34ClN3O4S/c1-20(2)31-29(35)23(5)32(18-24-12-10-9-11-21(24)3)28(34)19-33(27-17-25(30)16-15-22(27)4)38(36,37)26-13-7-6-8-14-26/h6-17,20,23H,18-19H2,1-5H3,(H,31,35). The Hall–Kier alpha value is -3.36. The minimum atomic E-state index is -4.14. The molecule has 0 aliphatic carbocycles. The van der Waals surface area contributed by atoms with Gasteiger partial charge in [-0.05, 0) is 75.6 Å². The third kappa shape index (κ3) is 6.94. The van der Waals surface area contributed by atoms with Crippen molar-refractivity contribution in [3.05, 3.63) is 94.5 Å². The molecule has 1 unspecified atom stereocenters. The molecule has 0 heterocycles. The van der Waals surface area contributed by atoms with Crippen molar-refractivity contribution in [1.29, 1.82) is 0 Å². The summed E-state index contributed by atoms with van der Waals surface area (Å²) in [6, 6.07) is 19.5. The molecular formula is C29H34ClN3O4S. The van der Waals surface area contributed by atoms with Crippen molar-refractivity contribution in [3.63, 3.8) is 0 Å². The van der Waals surface area contributed by atoms with Crippen LogP contribution >= 0.6 is 11.6 Å². The molecule has 0 saturated heterocycles. The maximum atomic E-state index is 14.0. The molecule has 0 spiro atoms. The van der Waals surface area contributed by atoms with Gasteiger partial charge >= 0.3 is 0 Å². The van der Waals surface area contributed by atoms with Crippen molar-refractivity contribution in [2.75, 3.05) is 10.8 Å². The Bertz CT molecular complexity index is 1390. The SMILES string of the molecule is Cc1ccccc1CN(C(=O)CN(c1cc(Cl)ccc1C)S(=O)(=O)c1ccccc1)C(C)C(=O)NC(C)C. The fourth-order valence-electron chi connectivity index (χ4n) is 4.04. The molecule has 1 atom stereocenters. The molecule has 3 aromatic rings. The minimum Gasteiger partial charge on any atom is -0.352 e. The van der Waals surface area contributed by atoms with Crippen LogP contribution in [0.25, 0.3) is 0 Å². The highest BCUT2D eigenvalue weighted by atomic mass is 35.5. The number of nitrogens with one attached hydrogen (secondary N) is 1. The molecule has 0 aliphatic heterocycles. The molecule has 0 radical (unpaired) electrons. The van der Waals surface area contributed by atoms with E-state index in [1.54, 1.807) is 44.2 Å². The van der Waals surface area contributed by atoms with E-state index in [1.807, 2.05) is 45.0 Å². The summed E-state index contributed by atoms with van der Waals surface area (Å²) < 4.78 is 28.8. The van der Waals surface area contributed by atoms with Gasteiger partial charge in [-0.2, -0.15) is 0 Å². The maximum Gasteiger partial charge on any atom is 0.264 e. The zero-order valence-electron chi connectivity index (χ0n) is 22.3. The Kier molecular flexibility index (Phi) is 9.57. The number of rotatable bonds is 10. The number of hydrogen-bond acceptors (Lipinski definition) is 4. The van der Waals surface area contributed by atoms with E-state index in [1.165, 1.54) is 23.1 Å². The van der Waals surface area contributed by atoms with Gasteiger partial charge in [-0.25, -0.2) is 8.42 Å². The van der Waals surface area contributed by atoms with E-state index >= 15 is 0 Å². The molecule has 0 aromatic heterocycles. The van der Waals surface area contributed by atoms with E-state index in [0.717, 1.165) is 15.4 Å². The van der Waals surface area contributed by atoms with Crippen molar-refractivity contribution < 1.29 is 18.0 Å². The van der Waals surface area contributed by atoms with Crippen LogP contribution < -0.4 is 9.62 Å². The van der Waals surface area contributed by atoms with E-state index in [9.17, 15) is 18.0 Å². The van der Waals surface area contributed by atoms with Crippen LogP contribution in [-0.2, 0) is 26.2 Å². The molecule has 3 rings (SSSR count). The predicted octanol–water partition coefficient (Wildman–Crippen LogP) is 5.09. The van der Waals surface area contributed by atoms with Crippen LogP contribution in [0.1, 0.15) is 37.5 Å². The van der Waals surface area contributed by atoms with Crippen molar-refractivity contribution in [2.24, 2.45) is 0 Å². The lowest BCUT2D eigenvalue weighted by Gasteiger charge is -2.33. The van der Waals surface area contributed by atoms with Crippen LogP contribution in [0, 0.1) is 13.8 Å². The van der Waals surface area contributed by atoms with Gasteiger partial charge in [0.05, 0.1) is 10.6 Å². The van der Waals surface area contributed by atoms with Crippen LogP contribution in [-0.4, -0.2) is 43.8 Å². The predicted molar refractivity (Wildman–Crippen MR) is 152 cm³/mol. The van der Waals surface area contributed by atoms with Crippen LogP contribution in [0.4, 0.5) is 5.69 Å². The number of nitrogens with zero attached hydrogens (tertiary/aromatic N) is 2. The van der Waals surface area contributed by atoms with Gasteiger partial charge < -0.3 is 10.2 Å². The van der Waals surface area contributed by atoms with Crippen molar-refractivity contribution in [2.45, 2.75) is 58.1 Å². The summed E-state index contributed by atoms with van der Waals surface area (Å²) in [7, 11) is -4.14. The Morgan fingerprint density at radius 3 is 2.16 bits per heavy atom. The molecule has 9 heteroatoms. The number of carbonyl (C=O) groups is 2. The molecule has 0 saturated carbocycles. The third-order valence-electron chi connectivity index (χ3n) is 6.25. The lowest BCUT2D eigenvalue weighted by molar-refractivity contribution is -0.139. The summed E-state index contributed by atoms with van der Waals surface area (Å²) in [5.74, 6) is -0.836. The van der Waals surface area contributed by atoms with Gasteiger partial charge in [-0.3, -0.25) is 13.9 Å². The van der Waals surface area contributed by atoms with Crippen molar-refractivity contribution in [1.82, 2.24) is 10.2 Å². The average molecular weight is 556 g/mol. The third-order valence-corrected chi connectivity index (χ3v) is 8.26. The largest absolute Gasteiger partial charge is 0.352 e. The zero-order chi connectivity index (χ0) is 28.0. The van der Waals surface area contributed by atoms with E-state index in [4.69, 9.17) is 11.6 Å². The first-order chi connectivity index (χ1) is 17.9. The molecule has 7 nitrogen and oxygen atoms in total. The van der Waals surface area contributed by atoms with E-state index in [2.05, 4.69) is 5.32 Å². The second-order valence-electron chi connectivity index (χ2n) is 9.54. The molecular weight excluding hydrogens is 522 g/mol. The normalized spacial score (nSPS) is 12.2. The van der Waals surface area contributed by atoms with E-state index < -0.39 is 28.5 Å². The lowest BCUT2D eigenvalue weighted by Crippen LogP contribution is -2.52. The summed E-state index contributed by atoms with van der Waals surface area (Å²) in [5, 5.41) is 3.19. The first-order valence-corrected chi connectivity index (χ1v) is 14.2. The summed E-state index contributed by atoms with van der Waals surface area (Å²) in [6.07, 6.45) is 0. The number of aryl methyl sites for hydroxylation is 2. The highest BCUT2D eigenvalue weighted by molar-refractivity contribution is 7.92. The fraction of sp³-hybridized carbons (Fsp3) is 0.310. The van der Waals surface area contributed by atoms with Crippen LogP contribution in [0.5, 0.6) is 0 Å². The Labute approximate surface area is 230 Å². The zero-order valence-corrected chi connectivity index (χ0v) is 23.9. The lowest BCUT2D eigenvalue weighted by atomic mass is 10.1. The van der Waals surface area contributed by atoms with Gasteiger partial charge in [0, 0.05) is 17.6 Å². The van der Waals surface area contributed by atoms with Gasteiger partial charge in [0.1, 0.15) is 12.6 Å². The summed E-state index contributed by atoms with van der Waals surface area (Å²) >= 11 is 6.25. The summed E-state index contributed by atoms with van der Waals surface area (Å²) in [4.78, 5) is 28.4. The highest BCUT2D eigenvalue weighted by Crippen LogP contribution is 2.30. The van der Waals surface area contributed by atoms with Gasteiger partial charge in [-0.15, -0.1) is 0 Å². The number of hydrogen-bond donors (Lipinski definition) is 1. The first kappa shape index (κ1) is 29.2. The number of carbonyl (C=O) groups excluding carboxylic acids is 2. The van der Waals surface area contributed by atoms with Crippen LogP contribution in [0.2, 0.25) is 5.02 Å². The molecule has 1 N–H and O–H groups in total. The molecule has 3 aromatic carbocycles. The topological polar surface area (TPSA) is 86.8 Å². The number of anilines is 1. The Balaban J connectivity index is 2.08. The van der Waals surface area contributed by atoms with Crippen molar-refractivity contribution >= 4 is 39.1 Å². The average Bonchev–Trinajstić information content (AvgIpc) is 2.88. The fourth-order valence-corrected chi connectivity index (χ4v) is 5.70. The van der Waals surface area contributed by atoms with Crippen LogP contribution in [0.15, 0.2) is 77.7 Å². The minimum absolute atomic E-state index is 0.0447. The first-order valence-electron chi connectivity index (χ1n) is 12.4.